The summed E-state index contributed by atoms with van der Waals surface area (Å²) in [5.74, 6) is 0.404. The Morgan fingerprint density at radius 2 is 2.29 bits per heavy atom. The van der Waals surface area contributed by atoms with Gasteiger partial charge >= 0.3 is 0 Å². The fraction of sp³-hybridized carbons (Fsp3) is 0.455. The maximum Gasteiger partial charge on any atom is 0.235 e. The molecule has 1 unspecified atom stereocenters. The predicted octanol–water partition coefficient (Wildman–Crippen LogP) is 3.03. The molecule has 0 amide bonds. The van der Waals surface area contributed by atoms with E-state index in [-0.39, 0.29) is 0 Å². The molecule has 14 heavy (non-hydrogen) atoms. The predicted molar refractivity (Wildman–Crippen MR) is 57.1 cm³/mol. The molecule has 0 fully saturated rings. The zero-order valence-corrected chi connectivity index (χ0v) is 8.79. The second-order valence-corrected chi connectivity index (χ2v) is 2.97. The highest BCUT2D eigenvalue weighted by atomic mass is 19.1. The van der Waals surface area contributed by atoms with Crippen LogP contribution < -0.4 is 5.73 Å². The lowest BCUT2D eigenvalue weighted by Crippen LogP contribution is -2.01. The van der Waals surface area contributed by atoms with Gasteiger partial charge in [-0.05, 0) is 12.5 Å². The third-order valence-corrected chi connectivity index (χ3v) is 1.36. The molecule has 0 heterocycles. The third-order valence-electron chi connectivity index (χ3n) is 1.36. The Hall–Kier alpha value is -1.25. The minimum atomic E-state index is -1.34. The van der Waals surface area contributed by atoms with Crippen molar-refractivity contribution in [2.45, 2.75) is 33.0 Å². The van der Waals surface area contributed by atoms with Crippen molar-refractivity contribution < 1.29 is 9.13 Å². The molecule has 0 aliphatic carbocycles. The highest BCUT2D eigenvalue weighted by Crippen LogP contribution is 2.08. The van der Waals surface area contributed by atoms with E-state index in [1.165, 1.54) is 13.0 Å². The lowest BCUT2D eigenvalue weighted by Gasteiger charge is -2.07. The summed E-state index contributed by atoms with van der Waals surface area (Å²) in [7, 11) is 0. The zero-order valence-electron chi connectivity index (χ0n) is 8.79. The molecule has 0 spiro atoms. The zero-order chi connectivity index (χ0) is 11.0. The number of nitrogens with two attached hydrogens (primary N) is 1. The van der Waals surface area contributed by atoms with Gasteiger partial charge in [0.25, 0.3) is 0 Å². The van der Waals surface area contributed by atoms with Gasteiger partial charge in [-0.15, -0.1) is 0 Å². The van der Waals surface area contributed by atoms with Crippen LogP contribution >= 0.6 is 0 Å². The van der Waals surface area contributed by atoms with Crippen LogP contribution in [0.4, 0.5) is 4.39 Å². The van der Waals surface area contributed by atoms with E-state index in [0.29, 0.717) is 11.5 Å². The summed E-state index contributed by atoms with van der Waals surface area (Å²) < 4.78 is 17.4. The van der Waals surface area contributed by atoms with Gasteiger partial charge in [-0.2, -0.15) is 0 Å². The summed E-state index contributed by atoms with van der Waals surface area (Å²) in [6, 6.07) is 0. The molecule has 3 heteroatoms. The molecule has 0 saturated heterocycles. The topological polar surface area (TPSA) is 35.2 Å². The van der Waals surface area contributed by atoms with Gasteiger partial charge < -0.3 is 10.5 Å². The maximum atomic E-state index is 12.5. The van der Waals surface area contributed by atoms with E-state index in [1.807, 2.05) is 6.08 Å². The van der Waals surface area contributed by atoms with Crippen LogP contribution in [0.15, 0.2) is 36.3 Å². The minimum absolute atomic E-state index is 0.349. The molecule has 0 aromatic heterocycles. The molecule has 0 aliphatic heterocycles. The molecule has 2 nitrogen and oxygen atoms in total. The maximum absolute atomic E-state index is 12.5. The molecule has 0 radical (unpaired) electrons. The lowest BCUT2D eigenvalue weighted by atomic mass is 10.3. The molecular formula is C11H18FNO. The summed E-state index contributed by atoms with van der Waals surface area (Å²) in [6.45, 7) is 6.88. The Balaban J connectivity index is 4.32. The average Bonchev–Trinajstić information content (AvgIpc) is 2.02. The Labute approximate surface area is 84.9 Å². The molecule has 1 atom stereocenters. The van der Waals surface area contributed by atoms with Crippen molar-refractivity contribution in [2.75, 3.05) is 0 Å². The second-order valence-electron chi connectivity index (χ2n) is 2.97. The van der Waals surface area contributed by atoms with E-state index < -0.39 is 6.36 Å². The van der Waals surface area contributed by atoms with Gasteiger partial charge in [0.15, 0.2) is 0 Å². The third kappa shape index (κ3) is 7.40. The standard InChI is InChI=1S/C11H18FNO/c1-4-5-6-7-11(8-9(2)13)14-10(3)12/h6-8,10H,2,4-5,13H2,1,3H3/b7-6-,11-8+. The summed E-state index contributed by atoms with van der Waals surface area (Å²) in [5.41, 5.74) is 5.71. The number of allylic oxidation sites excluding steroid dienone is 3. The van der Waals surface area contributed by atoms with Crippen LogP contribution in [-0.2, 0) is 4.74 Å². The molecule has 0 rings (SSSR count). The highest BCUT2D eigenvalue weighted by molar-refractivity contribution is 5.22. The van der Waals surface area contributed by atoms with Crippen molar-refractivity contribution in [1.29, 1.82) is 0 Å². The largest absolute Gasteiger partial charge is 0.461 e. The van der Waals surface area contributed by atoms with Crippen molar-refractivity contribution in [2.24, 2.45) is 5.73 Å². The first-order chi connectivity index (χ1) is 6.56. The van der Waals surface area contributed by atoms with Crippen LogP contribution in [0.1, 0.15) is 26.7 Å². The van der Waals surface area contributed by atoms with Crippen LogP contribution in [0, 0.1) is 0 Å². The number of alkyl halides is 1. The van der Waals surface area contributed by atoms with Gasteiger partial charge in [0.05, 0.1) is 0 Å². The second kappa shape index (κ2) is 7.18. The molecule has 0 bridgehead atoms. The molecule has 0 aliphatic rings. The summed E-state index contributed by atoms with van der Waals surface area (Å²) in [5, 5.41) is 0. The SMILES string of the molecule is C=C(N)/C=C(\C=C/CCC)OC(C)F. The first-order valence-electron chi connectivity index (χ1n) is 4.69. The van der Waals surface area contributed by atoms with Gasteiger partial charge in [-0.25, -0.2) is 4.39 Å². The van der Waals surface area contributed by atoms with Crippen molar-refractivity contribution in [3.05, 3.63) is 36.3 Å². The summed E-state index contributed by atoms with van der Waals surface area (Å²) in [6.07, 6.45) is 5.75. The van der Waals surface area contributed by atoms with Crippen LogP contribution in [0.5, 0.6) is 0 Å². The fourth-order valence-electron chi connectivity index (χ4n) is 0.858. The van der Waals surface area contributed by atoms with E-state index in [0.717, 1.165) is 12.8 Å². The normalized spacial score (nSPS) is 14.4. The number of hydrogen-bond donors (Lipinski definition) is 1. The van der Waals surface area contributed by atoms with Gasteiger partial charge in [0.1, 0.15) is 5.76 Å². The molecule has 80 valence electrons. The quantitative estimate of drug-likeness (QED) is 0.527. The monoisotopic (exact) mass is 199 g/mol. The van der Waals surface area contributed by atoms with Crippen LogP contribution in [0.25, 0.3) is 0 Å². The number of hydrogen-bond acceptors (Lipinski definition) is 2. The summed E-state index contributed by atoms with van der Waals surface area (Å²) >= 11 is 0. The van der Waals surface area contributed by atoms with Gasteiger partial charge in [0.2, 0.25) is 6.36 Å². The molecule has 0 saturated carbocycles. The molecule has 0 aromatic carbocycles. The van der Waals surface area contributed by atoms with E-state index in [2.05, 4.69) is 13.5 Å². The first kappa shape index (κ1) is 12.8. The van der Waals surface area contributed by atoms with Gasteiger partial charge in [-0.1, -0.05) is 26.0 Å². The number of rotatable bonds is 6. The Kier molecular flexibility index (Phi) is 6.54. The minimum Gasteiger partial charge on any atom is -0.461 e. The van der Waals surface area contributed by atoms with E-state index >= 15 is 0 Å². The molecule has 2 N–H and O–H groups in total. The molecular weight excluding hydrogens is 181 g/mol. The van der Waals surface area contributed by atoms with Crippen molar-refractivity contribution in [3.63, 3.8) is 0 Å². The fourth-order valence-corrected chi connectivity index (χ4v) is 0.858. The Bertz CT molecular complexity index is 231. The number of ether oxygens (including phenoxy) is 1. The first-order valence-corrected chi connectivity index (χ1v) is 4.69. The molecule has 0 aromatic rings. The van der Waals surface area contributed by atoms with E-state index in [9.17, 15) is 4.39 Å². The van der Waals surface area contributed by atoms with Crippen LogP contribution in [0.2, 0.25) is 0 Å². The Morgan fingerprint density at radius 1 is 1.64 bits per heavy atom. The van der Waals surface area contributed by atoms with Crippen molar-refractivity contribution in [3.8, 4) is 0 Å². The lowest BCUT2D eigenvalue weighted by molar-refractivity contribution is 0.0283. The number of halogens is 1. The summed E-state index contributed by atoms with van der Waals surface area (Å²) in [4.78, 5) is 0. The van der Waals surface area contributed by atoms with Crippen molar-refractivity contribution >= 4 is 0 Å². The number of unbranched alkanes of at least 4 members (excludes halogenated alkanes) is 1. The van der Waals surface area contributed by atoms with E-state index in [1.54, 1.807) is 6.08 Å². The van der Waals surface area contributed by atoms with Crippen molar-refractivity contribution in [1.82, 2.24) is 0 Å². The van der Waals surface area contributed by atoms with Gasteiger partial charge in [-0.3, -0.25) is 0 Å². The Morgan fingerprint density at radius 3 is 2.71 bits per heavy atom. The smallest absolute Gasteiger partial charge is 0.235 e. The van der Waals surface area contributed by atoms with Gasteiger partial charge in [0, 0.05) is 18.7 Å². The van der Waals surface area contributed by atoms with Crippen LogP contribution in [-0.4, -0.2) is 6.36 Å². The van der Waals surface area contributed by atoms with E-state index in [4.69, 9.17) is 10.5 Å². The van der Waals surface area contributed by atoms with Crippen LogP contribution in [0.3, 0.4) is 0 Å². The highest BCUT2D eigenvalue weighted by Gasteiger charge is 1.99. The average molecular weight is 199 g/mol.